The van der Waals surface area contributed by atoms with E-state index in [0.29, 0.717) is 24.8 Å². The first kappa shape index (κ1) is 22.6. The van der Waals surface area contributed by atoms with Gasteiger partial charge in [-0.05, 0) is 56.4 Å². The van der Waals surface area contributed by atoms with Crippen LogP contribution in [0.25, 0.3) is 11.0 Å². The third-order valence-electron chi connectivity index (χ3n) is 5.70. The lowest BCUT2D eigenvalue weighted by Crippen LogP contribution is -2.34. The molecule has 1 saturated heterocycles. The fourth-order valence-electron chi connectivity index (χ4n) is 4.04. The summed E-state index contributed by atoms with van der Waals surface area (Å²) >= 11 is 6.15. The van der Waals surface area contributed by atoms with Crippen LogP contribution >= 0.6 is 11.6 Å². The van der Waals surface area contributed by atoms with Gasteiger partial charge in [0.05, 0.1) is 22.7 Å². The van der Waals surface area contributed by atoms with E-state index in [1.165, 1.54) is 0 Å². The largest absolute Gasteiger partial charge is 0.492 e. The first-order chi connectivity index (χ1) is 15.7. The van der Waals surface area contributed by atoms with Gasteiger partial charge < -0.3 is 19.4 Å². The van der Waals surface area contributed by atoms with Gasteiger partial charge in [-0.25, -0.2) is 4.98 Å². The van der Waals surface area contributed by atoms with Crippen LogP contribution in [0.4, 0.5) is 0 Å². The summed E-state index contributed by atoms with van der Waals surface area (Å²) in [5, 5.41) is 3.64. The van der Waals surface area contributed by atoms with E-state index in [2.05, 4.69) is 22.0 Å². The number of para-hydroxylation sites is 3. The number of carbonyl (C=O) groups excluding carboxylic acids is 1. The van der Waals surface area contributed by atoms with Gasteiger partial charge in [-0.3, -0.25) is 4.79 Å². The number of carbonyl (C=O) groups is 1. The first-order valence-corrected chi connectivity index (χ1v) is 11.8. The van der Waals surface area contributed by atoms with Crippen LogP contribution in [0.2, 0.25) is 5.02 Å². The molecule has 1 N–H and O–H groups in total. The first-order valence-electron chi connectivity index (χ1n) is 11.4. The summed E-state index contributed by atoms with van der Waals surface area (Å²) in [6.45, 7) is 2.82. The van der Waals surface area contributed by atoms with Gasteiger partial charge >= 0.3 is 0 Å². The number of rotatable bonds is 11. The second-order valence-corrected chi connectivity index (χ2v) is 8.46. The Labute approximate surface area is 193 Å². The summed E-state index contributed by atoms with van der Waals surface area (Å²) in [4.78, 5) is 17.0. The lowest BCUT2D eigenvalue weighted by atomic mass is 10.2. The predicted octanol–water partition coefficient (Wildman–Crippen LogP) is 4.78. The SMILES string of the molecule is O=C(NCCCc1nc2ccccc2n1CCCCOc1ccccc1Cl)C1CCCO1. The van der Waals surface area contributed by atoms with Crippen LogP contribution in [0.1, 0.15) is 37.9 Å². The Morgan fingerprint density at radius 1 is 1.16 bits per heavy atom. The number of hydrogen-bond acceptors (Lipinski definition) is 4. The number of imidazole rings is 1. The number of benzene rings is 2. The summed E-state index contributed by atoms with van der Waals surface area (Å²) in [5.74, 6) is 1.80. The van der Waals surface area contributed by atoms with Gasteiger partial charge in [0, 0.05) is 26.1 Å². The molecule has 0 aliphatic carbocycles. The standard InChI is InChI=1S/C25H30ClN3O3/c26-19-9-1-4-12-22(19)31-17-6-5-16-29-21-11-3-2-10-20(21)28-24(29)14-7-15-27-25(30)23-13-8-18-32-23/h1-4,9-12,23H,5-8,13-18H2,(H,27,30). The summed E-state index contributed by atoms with van der Waals surface area (Å²) < 4.78 is 13.6. The Bertz CT molecular complexity index is 1030. The van der Waals surface area contributed by atoms with Gasteiger partial charge in [0.15, 0.2) is 0 Å². The average molecular weight is 456 g/mol. The number of fused-ring (bicyclic) bond motifs is 1. The maximum absolute atomic E-state index is 12.1. The number of amides is 1. The van der Waals surface area contributed by atoms with E-state index in [4.69, 9.17) is 26.1 Å². The van der Waals surface area contributed by atoms with Crippen LogP contribution in [-0.2, 0) is 22.5 Å². The Balaban J connectivity index is 1.28. The van der Waals surface area contributed by atoms with E-state index in [-0.39, 0.29) is 12.0 Å². The van der Waals surface area contributed by atoms with Crippen LogP contribution in [-0.4, -0.2) is 41.3 Å². The topological polar surface area (TPSA) is 65.4 Å². The van der Waals surface area contributed by atoms with E-state index < -0.39 is 0 Å². The molecule has 3 aromatic rings. The fourth-order valence-corrected chi connectivity index (χ4v) is 4.23. The van der Waals surface area contributed by atoms with Gasteiger partial charge in [-0.15, -0.1) is 0 Å². The van der Waals surface area contributed by atoms with E-state index in [1.807, 2.05) is 36.4 Å². The zero-order valence-electron chi connectivity index (χ0n) is 18.3. The quantitative estimate of drug-likeness (QED) is 0.423. The van der Waals surface area contributed by atoms with Crippen molar-refractivity contribution in [1.29, 1.82) is 0 Å². The van der Waals surface area contributed by atoms with Crippen LogP contribution in [0.3, 0.4) is 0 Å². The normalized spacial score (nSPS) is 15.8. The number of aryl methyl sites for hydroxylation is 2. The molecule has 2 heterocycles. The predicted molar refractivity (Wildman–Crippen MR) is 126 cm³/mol. The Morgan fingerprint density at radius 2 is 2.00 bits per heavy atom. The van der Waals surface area contributed by atoms with Gasteiger partial charge in [0.2, 0.25) is 5.91 Å². The molecular formula is C25H30ClN3O3. The minimum absolute atomic E-state index is 0.00882. The zero-order chi connectivity index (χ0) is 22.2. The molecule has 7 heteroatoms. The molecule has 1 aliphatic heterocycles. The highest BCUT2D eigenvalue weighted by molar-refractivity contribution is 6.32. The summed E-state index contributed by atoms with van der Waals surface area (Å²) in [6, 6.07) is 15.8. The van der Waals surface area contributed by atoms with Gasteiger partial charge in [-0.1, -0.05) is 35.9 Å². The second-order valence-electron chi connectivity index (χ2n) is 8.05. The molecular weight excluding hydrogens is 426 g/mol. The van der Waals surface area contributed by atoms with E-state index in [0.717, 1.165) is 67.7 Å². The molecule has 1 fully saturated rings. The molecule has 0 spiro atoms. The number of aromatic nitrogens is 2. The summed E-state index contributed by atoms with van der Waals surface area (Å²) in [6.07, 6.45) is 5.08. The van der Waals surface area contributed by atoms with Gasteiger partial charge in [0.1, 0.15) is 17.7 Å². The van der Waals surface area contributed by atoms with Gasteiger partial charge in [-0.2, -0.15) is 0 Å². The Hall–Kier alpha value is -2.57. The van der Waals surface area contributed by atoms with Crippen molar-refractivity contribution in [3.63, 3.8) is 0 Å². The maximum Gasteiger partial charge on any atom is 0.249 e. The minimum Gasteiger partial charge on any atom is -0.492 e. The molecule has 0 bridgehead atoms. The Kier molecular flexibility index (Phi) is 8.02. The molecule has 1 amide bonds. The van der Waals surface area contributed by atoms with E-state index >= 15 is 0 Å². The number of nitrogens with one attached hydrogen (secondary N) is 1. The number of nitrogens with zero attached hydrogens (tertiary/aromatic N) is 2. The van der Waals surface area contributed by atoms with Crippen molar-refractivity contribution in [2.75, 3.05) is 19.8 Å². The molecule has 1 atom stereocenters. The van der Waals surface area contributed by atoms with Gasteiger partial charge in [0.25, 0.3) is 0 Å². The lowest BCUT2D eigenvalue weighted by Gasteiger charge is -2.12. The highest BCUT2D eigenvalue weighted by Crippen LogP contribution is 2.23. The zero-order valence-corrected chi connectivity index (χ0v) is 19.0. The van der Waals surface area contributed by atoms with Crippen LogP contribution in [0, 0.1) is 0 Å². The lowest BCUT2D eigenvalue weighted by molar-refractivity contribution is -0.130. The molecule has 0 saturated carbocycles. The monoisotopic (exact) mass is 455 g/mol. The second kappa shape index (κ2) is 11.3. The van der Waals surface area contributed by atoms with Crippen molar-refractivity contribution in [3.8, 4) is 5.75 Å². The number of halogens is 1. The third kappa shape index (κ3) is 5.81. The van der Waals surface area contributed by atoms with Crippen molar-refractivity contribution < 1.29 is 14.3 Å². The van der Waals surface area contributed by atoms with Crippen molar-refractivity contribution in [1.82, 2.24) is 14.9 Å². The van der Waals surface area contributed by atoms with Crippen molar-refractivity contribution in [2.24, 2.45) is 0 Å². The average Bonchev–Trinajstić information content (AvgIpc) is 3.46. The third-order valence-corrected chi connectivity index (χ3v) is 6.01. The van der Waals surface area contributed by atoms with Crippen LogP contribution < -0.4 is 10.1 Å². The highest BCUT2D eigenvalue weighted by Gasteiger charge is 2.22. The molecule has 32 heavy (non-hydrogen) atoms. The van der Waals surface area contributed by atoms with E-state index in [9.17, 15) is 4.79 Å². The van der Waals surface area contributed by atoms with Crippen molar-refractivity contribution >= 4 is 28.5 Å². The molecule has 4 rings (SSSR count). The molecule has 170 valence electrons. The molecule has 2 aromatic carbocycles. The van der Waals surface area contributed by atoms with Crippen molar-refractivity contribution in [2.45, 2.75) is 51.2 Å². The maximum atomic E-state index is 12.1. The molecule has 1 aliphatic rings. The van der Waals surface area contributed by atoms with Crippen LogP contribution in [0.15, 0.2) is 48.5 Å². The molecule has 0 radical (unpaired) electrons. The Morgan fingerprint density at radius 3 is 2.84 bits per heavy atom. The highest BCUT2D eigenvalue weighted by atomic mass is 35.5. The number of unbranched alkanes of at least 4 members (excludes halogenated alkanes) is 1. The van der Waals surface area contributed by atoms with E-state index in [1.54, 1.807) is 0 Å². The smallest absolute Gasteiger partial charge is 0.249 e. The summed E-state index contributed by atoms with van der Waals surface area (Å²) in [5.41, 5.74) is 2.16. The fraction of sp³-hybridized carbons (Fsp3) is 0.440. The number of hydrogen-bond donors (Lipinski definition) is 1. The molecule has 1 unspecified atom stereocenters. The summed E-state index contributed by atoms with van der Waals surface area (Å²) in [7, 11) is 0. The van der Waals surface area contributed by atoms with Crippen LogP contribution in [0.5, 0.6) is 5.75 Å². The molecule has 6 nitrogen and oxygen atoms in total. The number of ether oxygens (including phenoxy) is 2. The molecule has 1 aromatic heterocycles. The van der Waals surface area contributed by atoms with Crippen molar-refractivity contribution in [3.05, 3.63) is 59.4 Å². The minimum atomic E-state index is -0.271.